The van der Waals surface area contributed by atoms with Gasteiger partial charge < -0.3 is 23.8 Å². The van der Waals surface area contributed by atoms with Crippen molar-refractivity contribution in [3.8, 4) is 23.0 Å². The third-order valence-corrected chi connectivity index (χ3v) is 5.19. The number of ether oxygens (including phenoxy) is 4. The van der Waals surface area contributed by atoms with E-state index in [1.165, 1.54) is 0 Å². The molecule has 1 fully saturated rings. The molecule has 0 radical (unpaired) electrons. The number of fused-ring (bicyclic) bond motifs is 1. The molecule has 148 valence electrons. The van der Waals surface area contributed by atoms with E-state index in [4.69, 9.17) is 18.9 Å². The number of hydrogen-bond acceptors (Lipinski definition) is 5. The number of methoxy groups -OCH3 is 1. The van der Waals surface area contributed by atoms with Crippen molar-refractivity contribution in [1.82, 2.24) is 4.90 Å². The number of carbonyl (C=O) groups excluding carboxylic acids is 1. The molecule has 1 atom stereocenters. The molecule has 2 aromatic rings. The molecule has 1 saturated heterocycles. The van der Waals surface area contributed by atoms with Crippen molar-refractivity contribution in [1.29, 1.82) is 0 Å². The van der Waals surface area contributed by atoms with Crippen LogP contribution in [0.3, 0.4) is 0 Å². The number of likely N-dealkylation sites (tertiary alicyclic amines) is 1. The number of aryl methyl sites for hydroxylation is 1. The van der Waals surface area contributed by atoms with Crippen molar-refractivity contribution in [3.05, 3.63) is 47.5 Å². The van der Waals surface area contributed by atoms with Crippen LogP contribution in [0.25, 0.3) is 0 Å². The van der Waals surface area contributed by atoms with Crippen LogP contribution in [0.4, 0.5) is 0 Å². The molecule has 2 aromatic carbocycles. The van der Waals surface area contributed by atoms with Crippen LogP contribution in [-0.4, -0.2) is 44.3 Å². The predicted molar refractivity (Wildman–Crippen MR) is 104 cm³/mol. The van der Waals surface area contributed by atoms with Crippen LogP contribution >= 0.6 is 0 Å². The molecule has 28 heavy (non-hydrogen) atoms. The minimum atomic E-state index is -0.0278. The number of carbonyl (C=O) groups is 1. The third-order valence-electron chi connectivity index (χ3n) is 5.19. The fourth-order valence-electron chi connectivity index (χ4n) is 3.80. The molecule has 0 saturated carbocycles. The van der Waals surface area contributed by atoms with E-state index in [9.17, 15) is 4.79 Å². The molecule has 0 spiro atoms. The van der Waals surface area contributed by atoms with Crippen LogP contribution in [0, 0.1) is 6.92 Å². The lowest BCUT2D eigenvalue weighted by atomic mass is 10.0. The van der Waals surface area contributed by atoms with Crippen molar-refractivity contribution < 1.29 is 23.7 Å². The lowest BCUT2D eigenvalue weighted by Crippen LogP contribution is -2.34. The molecule has 1 amide bonds. The number of hydrogen-bond donors (Lipinski definition) is 0. The van der Waals surface area contributed by atoms with Gasteiger partial charge in [-0.1, -0.05) is 12.1 Å². The molecule has 2 heterocycles. The van der Waals surface area contributed by atoms with Gasteiger partial charge in [0, 0.05) is 6.54 Å². The molecule has 4 rings (SSSR count). The van der Waals surface area contributed by atoms with Gasteiger partial charge in [-0.2, -0.15) is 0 Å². The maximum Gasteiger partial charge on any atom is 0.261 e. The summed E-state index contributed by atoms with van der Waals surface area (Å²) in [4.78, 5) is 14.8. The molecule has 6 heteroatoms. The predicted octanol–water partition coefficient (Wildman–Crippen LogP) is 3.52. The summed E-state index contributed by atoms with van der Waals surface area (Å²) >= 11 is 0. The number of amides is 1. The molecule has 2 aliphatic rings. The topological polar surface area (TPSA) is 57.2 Å². The van der Waals surface area contributed by atoms with Gasteiger partial charge in [-0.3, -0.25) is 4.79 Å². The largest absolute Gasteiger partial charge is 0.493 e. The fraction of sp³-hybridized carbons (Fsp3) is 0.409. The van der Waals surface area contributed by atoms with Crippen molar-refractivity contribution in [3.63, 3.8) is 0 Å². The first-order valence-electron chi connectivity index (χ1n) is 9.62. The Morgan fingerprint density at radius 1 is 1.11 bits per heavy atom. The fourth-order valence-corrected chi connectivity index (χ4v) is 3.80. The Hall–Kier alpha value is -2.89. The molecule has 0 aliphatic carbocycles. The Labute approximate surface area is 165 Å². The van der Waals surface area contributed by atoms with Crippen LogP contribution in [0.5, 0.6) is 23.0 Å². The Balaban J connectivity index is 1.45. The lowest BCUT2D eigenvalue weighted by Gasteiger charge is -2.27. The van der Waals surface area contributed by atoms with Crippen LogP contribution in [-0.2, 0) is 4.79 Å². The molecule has 1 unspecified atom stereocenters. The summed E-state index contributed by atoms with van der Waals surface area (Å²) < 4.78 is 22.4. The summed E-state index contributed by atoms with van der Waals surface area (Å²) in [6.45, 7) is 3.82. The van der Waals surface area contributed by atoms with E-state index in [0.29, 0.717) is 24.7 Å². The Kier molecular flexibility index (Phi) is 5.28. The van der Waals surface area contributed by atoms with Gasteiger partial charge in [0.2, 0.25) is 0 Å². The zero-order valence-electron chi connectivity index (χ0n) is 16.3. The van der Waals surface area contributed by atoms with Gasteiger partial charge in [-0.25, -0.2) is 0 Å². The van der Waals surface area contributed by atoms with Gasteiger partial charge in [0.15, 0.2) is 29.6 Å². The van der Waals surface area contributed by atoms with E-state index in [1.54, 1.807) is 7.11 Å². The van der Waals surface area contributed by atoms with Crippen molar-refractivity contribution in [2.24, 2.45) is 0 Å². The van der Waals surface area contributed by atoms with Gasteiger partial charge >= 0.3 is 0 Å². The van der Waals surface area contributed by atoms with Crippen LogP contribution in [0.2, 0.25) is 0 Å². The van der Waals surface area contributed by atoms with E-state index in [2.05, 4.69) is 0 Å². The van der Waals surface area contributed by atoms with Gasteiger partial charge in [0.25, 0.3) is 5.91 Å². The molecular formula is C22H25NO5. The first-order valence-corrected chi connectivity index (χ1v) is 9.62. The number of nitrogens with zero attached hydrogens (tertiary/aromatic N) is 1. The summed E-state index contributed by atoms with van der Waals surface area (Å²) in [6, 6.07) is 11.7. The Bertz CT molecular complexity index is 866. The van der Waals surface area contributed by atoms with E-state index in [-0.39, 0.29) is 18.6 Å². The highest BCUT2D eigenvalue weighted by molar-refractivity contribution is 5.78. The minimum absolute atomic E-state index is 0.0134. The summed E-state index contributed by atoms with van der Waals surface area (Å²) in [6.07, 6.45) is 1.90. The number of benzene rings is 2. The van der Waals surface area contributed by atoms with Gasteiger partial charge in [0.05, 0.1) is 13.2 Å². The average Bonchev–Trinajstić information content (AvgIpc) is 3.22. The highest BCUT2D eigenvalue weighted by Crippen LogP contribution is 2.38. The second-order valence-electron chi connectivity index (χ2n) is 7.09. The monoisotopic (exact) mass is 383 g/mol. The highest BCUT2D eigenvalue weighted by atomic mass is 16.6. The minimum Gasteiger partial charge on any atom is -0.493 e. The second kappa shape index (κ2) is 8.00. The maximum atomic E-state index is 12.9. The smallest absolute Gasteiger partial charge is 0.261 e. The zero-order valence-corrected chi connectivity index (χ0v) is 16.3. The normalized spacial score (nSPS) is 18.1. The SMILES string of the molecule is COc1cc(C)ccc1OCC(=O)N1CCCC1c1ccc2c(c1)OCCO2. The van der Waals surface area contributed by atoms with Gasteiger partial charge in [-0.15, -0.1) is 0 Å². The van der Waals surface area contributed by atoms with Crippen LogP contribution in [0.15, 0.2) is 36.4 Å². The van der Waals surface area contributed by atoms with Crippen LogP contribution in [0.1, 0.15) is 30.0 Å². The van der Waals surface area contributed by atoms with Crippen molar-refractivity contribution in [2.75, 3.05) is 33.5 Å². The van der Waals surface area contributed by atoms with Crippen molar-refractivity contribution in [2.45, 2.75) is 25.8 Å². The third kappa shape index (κ3) is 3.72. The standard InChI is InChI=1S/C22H25NO5/c1-15-5-7-18(20(12-15)25-2)28-14-22(24)23-9-3-4-17(23)16-6-8-19-21(13-16)27-11-10-26-19/h5-8,12-13,17H,3-4,9-11,14H2,1-2H3. The molecule has 0 bridgehead atoms. The molecule has 6 nitrogen and oxygen atoms in total. The molecule has 0 aromatic heterocycles. The van der Waals surface area contributed by atoms with E-state index in [1.807, 2.05) is 48.2 Å². The highest BCUT2D eigenvalue weighted by Gasteiger charge is 2.31. The summed E-state index contributed by atoms with van der Waals surface area (Å²) in [5.74, 6) is 2.71. The summed E-state index contributed by atoms with van der Waals surface area (Å²) in [5.41, 5.74) is 2.15. The Morgan fingerprint density at radius 2 is 1.93 bits per heavy atom. The van der Waals surface area contributed by atoms with Gasteiger partial charge in [0.1, 0.15) is 13.2 Å². The van der Waals surface area contributed by atoms with Crippen LogP contribution < -0.4 is 18.9 Å². The zero-order chi connectivity index (χ0) is 19.5. The average molecular weight is 383 g/mol. The molecule has 2 aliphatic heterocycles. The first-order chi connectivity index (χ1) is 13.7. The summed E-state index contributed by atoms with van der Waals surface area (Å²) in [7, 11) is 1.60. The first kappa shape index (κ1) is 18.5. The summed E-state index contributed by atoms with van der Waals surface area (Å²) in [5, 5.41) is 0. The second-order valence-corrected chi connectivity index (χ2v) is 7.09. The Morgan fingerprint density at radius 3 is 2.75 bits per heavy atom. The number of rotatable bonds is 5. The quantitative estimate of drug-likeness (QED) is 0.791. The van der Waals surface area contributed by atoms with E-state index < -0.39 is 0 Å². The van der Waals surface area contributed by atoms with Gasteiger partial charge in [-0.05, 0) is 55.2 Å². The molecule has 0 N–H and O–H groups in total. The van der Waals surface area contributed by atoms with E-state index in [0.717, 1.165) is 42.0 Å². The molecular weight excluding hydrogens is 358 g/mol. The van der Waals surface area contributed by atoms with Crippen molar-refractivity contribution >= 4 is 5.91 Å². The van der Waals surface area contributed by atoms with E-state index >= 15 is 0 Å². The lowest BCUT2D eigenvalue weighted by molar-refractivity contribution is -0.134. The maximum absolute atomic E-state index is 12.9.